The third-order valence-electron chi connectivity index (χ3n) is 5.03. The first kappa shape index (κ1) is 25.0. The summed E-state index contributed by atoms with van der Waals surface area (Å²) in [6.07, 6.45) is 1.40. The molecule has 3 aromatic carbocycles. The van der Waals surface area contributed by atoms with Crippen molar-refractivity contribution in [2.45, 2.75) is 6.61 Å². The number of nitrogens with one attached hydrogen (secondary N) is 1. The van der Waals surface area contributed by atoms with Gasteiger partial charge in [-0.2, -0.15) is 0 Å². The van der Waals surface area contributed by atoms with Gasteiger partial charge in [0.1, 0.15) is 12.2 Å². The lowest BCUT2D eigenvalue weighted by molar-refractivity contribution is -0.122. The Bertz CT molecular complexity index is 1360. The lowest BCUT2D eigenvalue weighted by Gasteiger charge is -2.26. The minimum Gasteiger partial charge on any atom is -0.493 e. The molecule has 0 aromatic heterocycles. The van der Waals surface area contributed by atoms with E-state index < -0.39 is 17.8 Å². The molecule has 0 radical (unpaired) electrons. The summed E-state index contributed by atoms with van der Waals surface area (Å²) >= 11 is 14.0. The third kappa shape index (κ3) is 5.61. The summed E-state index contributed by atoms with van der Waals surface area (Å²) in [7, 11) is 1.50. The van der Waals surface area contributed by atoms with Gasteiger partial charge in [0, 0.05) is 10.0 Å². The number of methoxy groups -OCH3 is 1. The number of nitrogens with zero attached hydrogens (tertiary/aromatic N) is 1. The van der Waals surface area contributed by atoms with Gasteiger partial charge in [0.2, 0.25) is 0 Å². The average molecular weight is 623 g/mol. The van der Waals surface area contributed by atoms with Crippen LogP contribution in [-0.4, -0.2) is 25.0 Å². The number of benzene rings is 3. The van der Waals surface area contributed by atoms with Crippen LogP contribution in [0.5, 0.6) is 11.5 Å². The van der Waals surface area contributed by atoms with Gasteiger partial charge in [0.15, 0.2) is 11.5 Å². The number of hydrogen-bond acceptors (Lipinski definition) is 5. The Kier molecular flexibility index (Phi) is 7.63. The van der Waals surface area contributed by atoms with E-state index in [1.807, 2.05) is 12.1 Å². The Morgan fingerprint density at radius 1 is 1.00 bits per heavy atom. The lowest BCUT2D eigenvalue weighted by atomic mass is 10.1. The molecule has 178 valence electrons. The predicted octanol–water partition coefficient (Wildman–Crippen LogP) is 5.85. The van der Waals surface area contributed by atoms with Crippen LogP contribution in [0.3, 0.4) is 0 Å². The van der Waals surface area contributed by atoms with Gasteiger partial charge in [-0.05, 0) is 82.3 Å². The minimum absolute atomic E-state index is 0.211. The Balaban J connectivity index is 1.64. The first-order valence-electron chi connectivity index (χ1n) is 10.2. The molecule has 1 aliphatic heterocycles. The quantitative estimate of drug-likeness (QED) is 0.212. The SMILES string of the molecule is COc1cc(/C=C2\C(=O)NC(=O)N(c3cccc(Cl)c3)C2=O)cc(I)c1OCc1ccc(Cl)cc1. The van der Waals surface area contributed by atoms with E-state index in [-0.39, 0.29) is 11.3 Å². The fourth-order valence-corrected chi connectivity index (χ4v) is 4.46. The number of ether oxygens (including phenoxy) is 2. The molecule has 35 heavy (non-hydrogen) atoms. The molecule has 0 bridgehead atoms. The van der Waals surface area contributed by atoms with E-state index >= 15 is 0 Å². The second-order valence-corrected chi connectivity index (χ2v) is 9.42. The molecule has 0 spiro atoms. The van der Waals surface area contributed by atoms with Crippen molar-refractivity contribution in [1.82, 2.24) is 5.32 Å². The number of imide groups is 2. The van der Waals surface area contributed by atoms with Crippen LogP contribution in [0.25, 0.3) is 6.08 Å². The molecule has 0 atom stereocenters. The summed E-state index contributed by atoms with van der Waals surface area (Å²) in [4.78, 5) is 38.9. The number of carbonyl (C=O) groups is 3. The molecule has 1 aliphatic rings. The molecule has 1 heterocycles. The molecule has 0 unspecified atom stereocenters. The summed E-state index contributed by atoms with van der Waals surface area (Å²) in [5.74, 6) is -0.627. The van der Waals surface area contributed by atoms with E-state index in [1.54, 1.807) is 42.5 Å². The average Bonchev–Trinajstić information content (AvgIpc) is 2.82. The molecular weight excluding hydrogens is 606 g/mol. The Hall–Kier alpha value is -3.08. The Labute approximate surface area is 224 Å². The third-order valence-corrected chi connectivity index (χ3v) is 6.32. The summed E-state index contributed by atoms with van der Waals surface area (Å²) < 4.78 is 12.2. The number of anilines is 1. The van der Waals surface area contributed by atoms with Crippen LogP contribution < -0.4 is 19.7 Å². The van der Waals surface area contributed by atoms with Gasteiger partial charge >= 0.3 is 6.03 Å². The van der Waals surface area contributed by atoms with Gasteiger partial charge in [-0.1, -0.05) is 41.4 Å². The van der Waals surface area contributed by atoms with Gasteiger partial charge in [0.25, 0.3) is 11.8 Å². The van der Waals surface area contributed by atoms with Gasteiger partial charge in [-0.25, -0.2) is 9.69 Å². The van der Waals surface area contributed by atoms with Gasteiger partial charge in [0.05, 0.1) is 16.4 Å². The van der Waals surface area contributed by atoms with Gasteiger partial charge < -0.3 is 9.47 Å². The molecule has 1 fully saturated rings. The van der Waals surface area contributed by atoms with Crippen molar-refractivity contribution >= 4 is 75.4 Å². The topological polar surface area (TPSA) is 84.9 Å². The smallest absolute Gasteiger partial charge is 0.335 e. The van der Waals surface area contributed by atoms with Crippen LogP contribution in [0.15, 0.2) is 66.2 Å². The van der Waals surface area contributed by atoms with E-state index in [0.29, 0.717) is 37.3 Å². The zero-order valence-corrected chi connectivity index (χ0v) is 21.8. The first-order chi connectivity index (χ1) is 16.8. The largest absolute Gasteiger partial charge is 0.493 e. The van der Waals surface area contributed by atoms with E-state index in [4.69, 9.17) is 32.7 Å². The van der Waals surface area contributed by atoms with Crippen LogP contribution in [0.2, 0.25) is 10.0 Å². The van der Waals surface area contributed by atoms with Crippen molar-refractivity contribution in [2.24, 2.45) is 0 Å². The molecule has 0 aliphatic carbocycles. The highest BCUT2D eigenvalue weighted by molar-refractivity contribution is 14.1. The molecule has 0 saturated carbocycles. The molecule has 1 saturated heterocycles. The molecule has 4 amide bonds. The standard InChI is InChI=1S/C25H17Cl2IN2O5/c1-34-21-11-15(10-20(28)22(21)35-13-14-5-7-16(26)8-6-14)9-19-23(31)29-25(33)30(24(19)32)18-4-2-3-17(27)12-18/h2-12H,13H2,1H3,(H,29,31,33)/b19-9+. The molecular formula is C25H17Cl2IN2O5. The number of urea groups is 1. The van der Waals surface area contributed by atoms with Gasteiger partial charge in [-0.3, -0.25) is 14.9 Å². The predicted molar refractivity (Wildman–Crippen MR) is 142 cm³/mol. The second-order valence-electron chi connectivity index (χ2n) is 7.39. The van der Waals surface area contributed by atoms with E-state index in [9.17, 15) is 14.4 Å². The molecule has 7 nitrogen and oxygen atoms in total. The van der Waals surface area contributed by atoms with E-state index in [1.165, 1.54) is 19.3 Å². The maximum atomic E-state index is 13.1. The van der Waals surface area contributed by atoms with Crippen LogP contribution in [-0.2, 0) is 16.2 Å². The zero-order chi connectivity index (χ0) is 25.1. The lowest BCUT2D eigenvalue weighted by Crippen LogP contribution is -2.54. The van der Waals surface area contributed by atoms with Crippen molar-refractivity contribution in [3.63, 3.8) is 0 Å². The number of rotatable bonds is 6. The number of hydrogen-bond donors (Lipinski definition) is 1. The maximum absolute atomic E-state index is 13.1. The highest BCUT2D eigenvalue weighted by Gasteiger charge is 2.37. The minimum atomic E-state index is -0.850. The Morgan fingerprint density at radius 2 is 1.74 bits per heavy atom. The number of amides is 4. The molecule has 10 heteroatoms. The molecule has 3 aromatic rings. The Morgan fingerprint density at radius 3 is 2.43 bits per heavy atom. The van der Waals surface area contributed by atoms with Crippen molar-refractivity contribution < 1.29 is 23.9 Å². The number of barbiturate groups is 1. The summed E-state index contributed by atoms with van der Waals surface area (Å²) in [5, 5.41) is 3.17. The second kappa shape index (κ2) is 10.7. The van der Waals surface area contributed by atoms with Crippen LogP contribution in [0.1, 0.15) is 11.1 Å². The number of carbonyl (C=O) groups excluding carboxylic acids is 3. The first-order valence-corrected chi connectivity index (χ1v) is 12.0. The van der Waals surface area contributed by atoms with Crippen LogP contribution in [0, 0.1) is 3.57 Å². The van der Waals surface area contributed by atoms with Crippen LogP contribution in [0.4, 0.5) is 10.5 Å². The fraction of sp³-hybridized carbons (Fsp3) is 0.0800. The fourth-order valence-electron chi connectivity index (χ4n) is 3.37. The number of halogens is 3. The monoisotopic (exact) mass is 622 g/mol. The summed E-state index contributed by atoms with van der Waals surface area (Å²) in [5.41, 5.74) is 1.48. The summed E-state index contributed by atoms with van der Waals surface area (Å²) in [6.45, 7) is 0.293. The van der Waals surface area contributed by atoms with Crippen molar-refractivity contribution in [3.05, 3.63) is 91.0 Å². The zero-order valence-electron chi connectivity index (χ0n) is 18.2. The molecule has 4 rings (SSSR count). The maximum Gasteiger partial charge on any atom is 0.335 e. The van der Waals surface area contributed by atoms with Gasteiger partial charge in [-0.15, -0.1) is 0 Å². The van der Waals surface area contributed by atoms with Crippen molar-refractivity contribution in [2.75, 3.05) is 12.0 Å². The molecule has 1 N–H and O–H groups in total. The van der Waals surface area contributed by atoms with Crippen molar-refractivity contribution in [1.29, 1.82) is 0 Å². The van der Waals surface area contributed by atoms with E-state index in [2.05, 4.69) is 27.9 Å². The normalized spacial score (nSPS) is 14.8. The van der Waals surface area contributed by atoms with Crippen LogP contribution >= 0.6 is 45.8 Å². The summed E-state index contributed by atoms with van der Waals surface area (Å²) in [6, 6.07) is 16.1. The van der Waals surface area contributed by atoms with E-state index in [0.717, 1.165) is 10.5 Å². The van der Waals surface area contributed by atoms with Crippen molar-refractivity contribution in [3.8, 4) is 11.5 Å². The highest BCUT2D eigenvalue weighted by Crippen LogP contribution is 2.35. The highest BCUT2D eigenvalue weighted by atomic mass is 127.